The van der Waals surface area contributed by atoms with Gasteiger partial charge in [-0.15, -0.1) is 0 Å². The molecule has 0 aliphatic carbocycles. The molecule has 6 heteroatoms. The van der Waals surface area contributed by atoms with Gasteiger partial charge in [-0.05, 0) is 37.8 Å². The van der Waals surface area contributed by atoms with Crippen LogP contribution < -0.4 is 0 Å². The van der Waals surface area contributed by atoms with E-state index in [4.69, 9.17) is 12.2 Å². The van der Waals surface area contributed by atoms with E-state index in [9.17, 15) is 9.59 Å². The molecule has 0 atom stereocenters. The summed E-state index contributed by atoms with van der Waals surface area (Å²) < 4.78 is 1.91. The summed E-state index contributed by atoms with van der Waals surface area (Å²) in [5.74, 6) is -0.258. The van der Waals surface area contributed by atoms with Gasteiger partial charge in [0.1, 0.15) is 0 Å². The fourth-order valence-corrected chi connectivity index (χ4v) is 3.12. The number of hydrogen-bond donors (Lipinski definition) is 0. The number of carbonyl (C=O) groups is 2. The standard InChI is InChI=1S/C14H16N2O2S2/c17-12-8-9-13(18)16(12)20-14(19)7-2-1-5-11-6-3-4-10-15-11/h3-4,6,10H,1-2,5,7-9H2. The van der Waals surface area contributed by atoms with E-state index in [1.807, 2.05) is 18.2 Å². The lowest BCUT2D eigenvalue weighted by Gasteiger charge is -2.12. The average molecular weight is 308 g/mol. The van der Waals surface area contributed by atoms with Crippen molar-refractivity contribution >= 4 is 40.2 Å². The molecule has 0 saturated carbocycles. The van der Waals surface area contributed by atoms with Gasteiger partial charge in [0.15, 0.2) is 0 Å². The Morgan fingerprint density at radius 2 is 2.00 bits per heavy atom. The van der Waals surface area contributed by atoms with Crippen molar-refractivity contribution < 1.29 is 9.59 Å². The molecule has 0 spiro atoms. The van der Waals surface area contributed by atoms with Gasteiger partial charge in [-0.1, -0.05) is 18.3 Å². The number of thiocarbonyl (C=S) groups is 1. The second-order valence-electron chi connectivity index (χ2n) is 4.57. The first-order valence-corrected chi connectivity index (χ1v) is 7.81. The molecule has 0 N–H and O–H groups in total. The van der Waals surface area contributed by atoms with E-state index >= 15 is 0 Å². The highest BCUT2D eigenvalue weighted by atomic mass is 32.2. The zero-order valence-corrected chi connectivity index (χ0v) is 12.7. The predicted octanol–water partition coefficient (Wildman–Crippen LogP) is 2.92. The fourth-order valence-electron chi connectivity index (χ4n) is 1.93. The maximum Gasteiger partial charge on any atom is 0.240 e. The van der Waals surface area contributed by atoms with Crippen molar-refractivity contribution in [2.75, 3.05) is 0 Å². The molecule has 1 aromatic rings. The molecule has 1 aromatic heterocycles. The van der Waals surface area contributed by atoms with Crippen LogP contribution in [0.5, 0.6) is 0 Å². The maximum absolute atomic E-state index is 11.5. The maximum atomic E-state index is 11.5. The zero-order chi connectivity index (χ0) is 14.4. The topological polar surface area (TPSA) is 50.3 Å². The van der Waals surface area contributed by atoms with Crippen molar-refractivity contribution in [3.05, 3.63) is 30.1 Å². The van der Waals surface area contributed by atoms with Crippen molar-refractivity contribution in [3.8, 4) is 0 Å². The monoisotopic (exact) mass is 308 g/mol. The van der Waals surface area contributed by atoms with Crippen LogP contribution in [0.25, 0.3) is 0 Å². The Labute approximate surface area is 128 Å². The summed E-state index contributed by atoms with van der Waals surface area (Å²) in [6.07, 6.45) is 6.03. The first kappa shape index (κ1) is 15.1. The van der Waals surface area contributed by atoms with Crippen molar-refractivity contribution in [2.45, 2.75) is 38.5 Å². The third-order valence-corrected chi connectivity index (χ3v) is 4.41. The highest BCUT2D eigenvalue weighted by Crippen LogP contribution is 2.24. The molecule has 1 fully saturated rings. The first-order valence-electron chi connectivity index (χ1n) is 6.63. The molecule has 2 rings (SSSR count). The van der Waals surface area contributed by atoms with Crippen LogP contribution in [0.4, 0.5) is 0 Å². The van der Waals surface area contributed by atoms with Crippen molar-refractivity contribution in [1.82, 2.24) is 9.29 Å². The summed E-state index contributed by atoms with van der Waals surface area (Å²) in [4.78, 5) is 27.2. The predicted molar refractivity (Wildman–Crippen MR) is 83.1 cm³/mol. The smallest absolute Gasteiger partial charge is 0.240 e. The van der Waals surface area contributed by atoms with Gasteiger partial charge < -0.3 is 0 Å². The molecular formula is C14H16N2O2S2. The summed E-state index contributed by atoms with van der Waals surface area (Å²) in [5, 5.41) is 0. The molecule has 20 heavy (non-hydrogen) atoms. The Bertz CT molecular complexity index is 489. The molecule has 1 saturated heterocycles. The van der Waals surface area contributed by atoms with Gasteiger partial charge in [0.25, 0.3) is 0 Å². The van der Waals surface area contributed by atoms with Crippen LogP contribution in [0.15, 0.2) is 24.4 Å². The molecule has 0 unspecified atom stereocenters. The minimum absolute atomic E-state index is 0.129. The van der Waals surface area contributed by atoms with E-state index < -0.39 is 0 Å². The van der Waals surface area contributed by atoms with Gasteiger partial charge in [0.2, 0.25) is 11.8 Å². The minimum Gasteiger partial charge on any atom is -0.273 e. The quantitative estimate of drug-likeness (QED) is 0.350. The van der Waals surface area contributed by atoms with E-state index in [2.05, 4.69) is 4.98 Å². The number of pyridine rings is 1. The number of unbranched alkanes of at least 4 members (excludes halogenated alkanes) is 1. The zero-order valence-electron chi connectivity index (χ0n) is 11.1. The Morgan fingerprint density at radius 3 is 2.65 bits per heavy atom. The lowest BCUT2D eigenvalue weighted by atomic mass is 10.1. The molecule has 0 bridgehead atoms. The van der Waals surface area contributed by atoms with Crippen LogP contribution in [0, 0.1) is 0 Å². The highest BCUT2D eigenvalue weighted by molar-refractivity contribution is 8.22. The molecule has 1 aliphatic heterocycles. The van der Waals surface area contributed by atoms with Gasteiger partial charge >= 0.3 is 0 Å². The SMILES string of the molecule is O=C1CCC(=O)N1SC(=S)CCCCc1ccccn1. The highest BCUT2D eigenvalue weighted by Gasteiger charge is 2.30. The minimum atomic E-state index is -0.129. The number of amides is 2. The lowest BCUT2D eigenvalue weighted by Crippen LogP contribution is -2.22. The summed E-state index contributed by atoms with van der Waals surface area (Å²) in [6.45, 7) is 0. The van der Waals surface area contributed by atoms with Crippen LogP contribution >= 0.6 is 24.2 Å². The van der Waals surface area contributed by atoms with Crippen LogP contribution in [-0.4, -0.2) is 25.3 Å². The molecular weight excluding hydrogens is 292 g/mol. The second-order valence-corrected chi connectivity index (χ2v) is 6.37. The molecule has 106 valence electrons. The number of imide groups is 1. The largest absolute Gasteiger partial charge is 0.273 e. The number of aryl methyl sites for hydroxylation is 1. The summed E-state index contributed by atoms with van der Waals surface area (Å²) in [6, 6.07) is 5.89. The van der Waals surface area contributed by atoms with E-state index in [-0.39, 0.29) is 11.8 Å². The molecule has 0 radical (unpaired) electrons. The second kappa shape index (κ2) is 7.50. The molecule has 2 amide bonds. The third-order valence-electron chi connectivity index (χ3n) is 2.99. The first-order chi connectivity index (χ1) is 9.66. The lowest BCUT2D eigenvalue weighted by molar-refractivity contribution is -0.131. The van der Waals surface area contributed by atoms with E-state index in [0.29, 0.717) is 17.0 Å². The fraction of sp³-hybridized carbons (Fsp3) is 0.429. The summed E-state index contributed by atoms with van der Waals surface area (Å²) in [5.41, 5.74) is 1.08. The van der Waals surface area contributed by atoms with Gasteiger partial charge in [-0.3, -0.25) is 14.6 Å². The molecule has 1 aliphatic rings. The number of carbonyl (C=O) groups excluding carboxylic acids is 2. The number of rotatable bonds is 6. The molecule has 4 nitrogen and oxygen atoms in total. The number of hydrogen-bond acceptors (Lipinski definition) is 5. The van der Waals surface area contributed by atoms with Gasteiger partial charge in [0, 0.05) is 36.7 Å². The number of aromatic nitrogens is 1. The van der Waals surface area contributed by atoms with Crippen LogP contribution in [-0.2, 0) is 16.0 Å². The Balaban J connectivity index is 1.65. The van der Waals surface area contributed by atoms with Crippen molar-refractivity contribution in [2.24, 2.45) is 0 Å². The van der Waals surface area contributed by atoms with E-state index in [1.54, 1.807) is 6.20 Å². The normalized spacial score (nSPS) is 14.9. The third kappa shape index (κ3) is 4.38. The molecule has 0 aromatic carbocycles. The van der Waals surface area contributed by atoms with Crippen LogP contribution in [0.3, 0.4) is 0 Å². The van der Waals surface area contributed by atoms with E-state index in [0.717, 1.165) is 43.3 Å². The van der Waals surface area contributed by atoms with Crippen LogP contribution in [0.2, 0.25) is 0 Å². The summed E-state index contributed by atoms with van der Waals surface area (Å²) in [7, 11) is 0. The average Bonchev–Trinajstić information content (AvgIpc) is 2.77. The van der Waals surface area contributed by atoms with Crippen LogP contribution in [0.1, 0.15) is 37.8 Å². The number of nitrogens with zero attached hydrogens (tertiary/aromatic N) is 2. The van der Waals surface area contributed by atoms with E-state index in [1.165, 1.54) is 4.31 Å². The van der Waals surface area contributed by atoms with Crippen molar-refractivity contribution in [1.29, 1.82) is 0 Å². The van der Waals surface area contributed by atoms with Gasteiger partial charge in [-0.25, -0.2) is 4.31 Å². The van der Waals surface area contributed by atoms with Crippen molar-refractivity contribution in [3.63, 3.8) is 0 Å². The summed E-state index contributed by atoms with van der Waals surface area (Å²) >= 11 is 6.35. The Hall–Kier alpha value is -1.27. The van der Waals surface area contributed by atoms with Gasteiger partial charge in [0.05, 0.1) is 4.20 Å². The Kier molecular flexibility index (Phi) is 5.67. The molecule has 2 heterocycles. The van der Waals surface area contributed by atoms with Gasteiger partial charge in [-0.2, -0.15) is 0 Å². The Morgan fingerprint density at radius 1 is 1.25 bits per heavy atom.